The molecule has 25 heavy (non-hydrogen) atoms. The molecule has 4 nitrogen and oxygen atoms in total. The molecule has 1 aromatic heterocycles. The molecule has 1 atom stereocenters. The third-order valence-corrected chi connectivity index (χ3v) is 4.81. The first-order valence-electron chi connectivity index (χ1n) is 8.70. The summed E-state index contributed by atoms with van der Waals surface area (Å²) in [7, 11) is 0. The molecule has 4 rings (SSSR count). The molecule has 1 aliphatic carbocycles. The van der Waals surface area contributed by atoms with Crippen LogP contribution in [0.25, 0.3) is 11.3 Å². The molecule has 1 heterocycles. The van der Waals surface area contributed by atoms with Crippen LogP contribution in [0.5, 0.6) is 0 Å². The molecule has 0 spiro atoms. The molecule has 1 aliphatic rings. The number of aromatic nitrogens is 1. The van der Waals surface area contributed by atoms with Crippen LogP contribution in [0.2, 0.25) is 0 Å². The molecule has 2 N–H and O–H groups in total. The highest BCUT2D eigenvalue weighted by Gasteiger charge is 2.20. The quantitative estimate of drug-likeness (QED) is 0.737. The Morgan fingerprint density at radius 3 is 2.72 bits per heavy atom. The van der Waals surface area contributed by atoms with E-state index < -0.39 is 0 Å². The summed E-state index contributed by atoms with van der Waals surface area (Å²) in [5.41, 5.74) is 6.51. The van der Waals surface area contributed by atoms with E-state index in [9.17, 15) is 5.11 Å². The molecule has 0 amide bonds. The van der Waals surface area contributed by atoms with Gasteiger partial charge in [-0.05, 0) is 43.9 Å². The summed E-state index contributed by atoms with van der Waals surface area (Å²) in [6.07, 6.45) is 2.13. The zero-order chi connectivity index (χ0) is 17.4. The highest BCUT2D eigenvalue weighted by atomic mass is 16.4. The van der Waals surface area contributed by atoms with Gasteiger partial charge in [-0.3, -0.25) is 0 Å². The Hall–Kier alpha value is -2.59. The van der Waals surface area contributed by atoms with E-state index in [0.717, 1.165) is 41.1 Å². The number of nitrogens with zero attached hydrogens (tertiary/aromatic N) is 1. The Bertz CT molecular complexity index is 897. The van der Waals surface area contributed by atoms with Crippen LogP contribution in [0.1, 0.15) is 28.8 Å². The number of hydrogen-bond acceptors (Lipinski definition) is 4. The maximum atomic E-state index is 10.00. The number of aliphatic hydroxyl groups excluding tert-OH is 1. The predicted octanol–water partition coefficient (Wildman–Crippen LogP) is 4.55. The maximum absolute atomic E-state index is 10.00. The van der Waals surface area contributed by atoms with Gasteiger partial charge in [0.05, 0.1) is 11.8 Å². The van der Waals surface area contributed by atoms with Crippen molar-refractivity contribution in [1.29, 1.82) is 0 Å². The molecule has 0 bridgehead atoms. The van der Waals surface area contributed by atoms with Crippen molar-refractivity contribution in [2.24, 2.45) is 0 Å². The van der Waals surface area contributed by atoms with Crippen molar-refractivity contribution >= 4 is 11.7 Å². The molecule has 0 radical (unpaired) electrons. The zero-order valence-electron chi connectivity index (χ0n) is 14.5. The van der Waals surface area contributed by atoms with E-state index in [4.69, 9.17) is 4.42 Å². The van der Waals surface area contributed by atoms with Gasteiger partial charge in [0.1, 0.15) is 0 Å². The molecule has 2 aromatic carbocycles. The number of anilines is 2. The van der Waals surface area contributed by atoms with Crippen molar-refractivity contribution in [3.63, 3.8) is 0 Å². The Balaban J connectivity index is 1.64. The van der Waals surface area contributed by atoms with Gasteiger partial charge in [-0.25, -0.2) is 0 Å². The highest BCUT2D eigenvalue weighted by molar-refractivity contribution is 5.65. The van der Waals surface area contributed by atoms with Gasteiger partial charge in [-0.2, -0.15) is 4.98 Å². The number of nitrogens with one attached hydrogen (secondary N) is 1. The Kier molecular flexibility index (Phi) is 4.06. The van der Waals surface area contributed by atoms with Gasteiger partial charge in [0.25, 0.3) is 6.01 Å². The fourth-order valence-corrected chi connectivity index (χ4v) is 3.42. The fraction of sp³-hybridized carbons (Fsp3) is 0.286. The van der Waals surface area contributed by atoms with E-state index >= 15 is 0 Å². The molecule has 1 unspecified atom stereocenters. The monoisotopic (exact) mass is 334 g/mol. The van der Waals surface area contributed by atoms with Gasteiger partial charge in [-0.15, -0.1) is 0 Å². The normalized spacial score (nSPS) is 16.5. The molecular formula is C21H22N2O2. The summed E-state index contributed by atoms with van der Waals surface area (Å²) in [6.45, 7) is 4.02. The van der Waals surface area contributed by atoms with Crippen LogP contribution < -0.4 is 5.32 Å². The third-order valence-electron chi connectivity index (χ3n) is 4.81. The minimum absolute atomic E-state index is 0.273. The summed E-state index contributed by atoms with van der Waals surface area (Å²) >= 11 is 0. The number of oxazole rings is 1. The lowest BCUT2D eigenvalue weighted by Gasteiger charge is -2.23. The number of aliphatic hydroxyl groups is 1. The van der Waals surface area contributed by atoms with E-state index in [1.807, 2.05) is 31.2 Å². The van der Waals surface area contributed by atoms with Crippen LogP contribution in [-0.4, -0.2) is 16.2 Å². The summed E-state index contributed by atoms with van der Waals surface area (Å²) in [5, 5.41) is 13.3. The number of rotatable bonds is 3. The first-order valence-corrected chi connectivity index (χ1v) is 8.70. The first-order chi connectivity index (χ1) is 12.1. The molecule has 0 saturated carbocycles. The van der Waals surface area contributed by atoms with Crippen molar-refractivity contribution in [1.82, 2.24) is 4.98 Å². The van der Waals surface area contributed by atoms with Crippen molar-refractivity contribution in [2.45, 2.75) is 39.2 Å². The SMILES string of the molecule is Cc1ccc(-c2oc(Nc3cccc4c3CC(O)CC4)nc2C)cc1. The van der Waals surface area contributed by atoms with E-state index in [0.29, 0.717) is 12.4 Å². The molecule has 4 heteroatoms. The fourth-order valence-electron chi connectivity index (χ4n) is 3.42. The Morgan fingerprint density at radius 2 is 1.92 bits per heavy atom. The lowest BCUT2D eigenvalue weighted by atomic mass is 9.88. The van der Waals surface area contributed by atoms with Crippen LogP contribution in [0, 0.1) is 13.8 Å². The van der Waals surface area contributed by atoms with Gasteiger partial charge in [0.15, 0.2) is 5.76 Å². The lowest BCUT2D eigenvalue weighted by Crippen LogP contribution is -2.19. The average Bonchev–Trinajstić information content (AvgIpc) is 2.96. The molecule has 0 saturated heterocycles. The van der Waals surface area contributed by atoms with Crippen LogP contribution in [0.3, 0.4) is 0 Å². The number of benzene rings is 2. The van der Waals surface area contributed by atoms with Gasteiger partial charge in [0.2, 0.25) is 0 Å². The number of fused-ring (bicyclic) bond motifs is 1. The summed E-state index contributed by atoms with van der Waals surface area (Å²) in [6, 6.07) is 14.9. The van der Waals surface area contributed by atoms with Crippen LogP contribution in [-0.2, 0) is 12.8 Å². The largest absolute Gasteiger partial charge is 0.423 e. The van der Waals surface area contributed by atoms with Crippen molar-refractivity contribution in [3.05, 3.63) is 64.8 Å². The number of aryl methyl sites for hydroxylation is 3. The van der Waals surface area contributed by atoms with E-state index in [1.54, 1.807) is 0 Å². The predicted molar refractivity (Wildman–Crippen MR) is 99.2 cm³/mol. The second kappa shape index (κ2) is 6.37. The minimum atomic E-state index is -0.273. The zero-order valence-corrected chi connectivity index (χ0v) is 14.5. The Morgan fingerprint density at radius 1 is 1.12 bits per heavy atom. The van der Waals surface area contributed by atoms with Gasteiger partial charge in [0, 0.05) is 17.7 Å². The van der Waals surface area contributed by atoms with Crippen LogP contribution >= 0.6 is 0 Å². The molecule has 0 aliphatic heterocycles. The highest BCUT2D eigenvalue weighted by Crippen LogP contribution is 2.32. The van der Waals surface area contributed by atoms with E-state index in [1.165, 1.54) is 11.1 Å². The lowest BCUT2D eigenvalue weighted by molar-refractivity contribution is 0.159. The van der Waals surface area contributed by atoms with Crippen LogP contribution in [0.15, 0.2) is 46.9 Å². The van der Waals surface area contributed by atoms with Crippen molar-refractivity contribution in [2.75, 3.05) is 5.32 Å². The third kappa shape index (κ3) is 3.17. The van der Waals surface area contributed by atoms with E-state index in [2.05, 4.69) is 35.4 Å². The second-order valence-electron chi connectivity index (χ2n) is 6.76. The molecule has 128 valence electrons. The Labute approximate surface area is 147 Å². The van der Waals surface area contributed by atoms with Gasteiger partial charge < -0.3 is 14.8 Å². The van der Waals surface area contributed by atoms with Gasteiger partial charge in [-0.1, -0.05) is 42.0 Å². The minimum Gasteiger partial charge on any atom is -0.423 e. The summed E-state index contributed by atoms with van der Waals surface area (Å²) in [5.74, 6) is 0.785. The molecular weight excluding hydrogens is 312 g/mol. The maximum Gasteiger partial charge on any atom is 0.299 e. The smallest absolute Gasteiger partial charge is 0.299 e. The average molecular weight is 334 g/mol. The molecule has 3 aromatic rings. The standard InChI is InChI=1S/C21H22N2O2/c1-13-6-8-16(9-7-13)20-14(2)22-21(25-20)23-19-5-3-4-15-10-11-17(24)12-18(15)19/h3-9,17,24H,10-12H2,1-2H3,(H,22,23). The number of hydrogen-bond donors (Lipinski definition) is 2. The summed E-state index contributed by atoms with van der Waals surface area (Å²) in [4.78, 5) is 4.53. The molecule has 0 fully saturated rings. The van der Waals surface area contributed by atoms with E-state index in [-0.39, 0.29) is 6.10 Å². The van der Waals surface area contributed by atoms with Gasteiger partial charge >= 0.3 is 0 Å². The first kappa shape index (κ1) is 15.9. The topological polar surface area (TPSA) is 58.3 Å². The van der Waals surface area contributed by atoms with Crippen LogP contribution in [0.4, 0.5) is 11.7 Å². The second-order valence-corrected chi connectivity index (χ2v) is 6.76. The van der Waals surface area contributed by atoms with Crippen molar-refractivity contribution < 1.29 is 9.52 Å². The van der Waals surface area contributed by atoms with Crippen molar-refractivity contribution in [3.8, 4) is 11.3 Å². The summed E-state index contributed by atoms with van der Waals surface area (Å²) < 4.78 is 5.98.